The van der Waals surface area contributed by atoms with E-state index in [0.29, 0.717) is 0 Å². The van der Waals surface area contributed by atoms with Crippen LogP contribution in [0.15, 0.2) is 452 Å². The number of thiophene rings is 4. The van der Waals surface area contributed by atoms with Gasteiger partial charge in [0.25, 0.3) is 0 Å². The maximum absolute atomic E-state index is 6.49. The maximum Gasteiger partial charge on any atom is 0.143 e. The second kappa shape index (κ2) is 30.8. The molecule has 0 atom stereocenters. The lowest BCUT2D eigenvalue weighted by atomic mass is 9.82. The summed E-state index contributed by atoms with van der Waals surface area (Å²) >= 11 is 7.54. The molecule has 0 amide bonds. The molecule has 0 aliphatic heterocycles. The van der Waals surface area contributed by atoms with Crippen molar-refractivity contribution in [1.29, 1.82) is 0 Å². The first-order valence-corrected chi connectivity index (χ1v) is 50.4. The van der Waals surface area contributed by atoms with E-state index in [1.54, 1.807) is 0 Å². The summed E-state index contributed by atoms with van der Waals surface area (Å²) in [6.45, 7) is 4.73. The topological polar surface area (TPSA) is 41.1 Å². The number of hydrogen-bond donors (Lipinski definition) is 0. The van der Waals surface area contributed by atoms with Crippen LogP contribution < -0.4 is 0 Å². The molecule has 9 aromatic heterocycles. The quantitative estimate of drug-likeness (QED) is 0.152. The summed E-state index contributed by atoms with van der Waals surface area (Å²) in [4.78, 5) is 0. The van der Waals surface area contributed by atoms with Crippen molar-refractivity contribution >= 4 is 235 Å². The van der Waals surface area contributed by atoms with Gasteiger partial charge in [0.2, 0.25) is 0 Å². The number of hydrogen-bond acceptors (Lipinski definition) is 6. The maximum atomic E-state index is 6.49. The Bertz CT molecular complexity index is 10200. The highest BCUT2D eigenvalue weighted by Gasteiger charge is 2.37. The molecule has 138 heavy (non-hydrogen) atoms. The van der Waals surface area contributed by atoms with Gasteiger partial charge >= 0.3 is 0 Å². The van der Waals surface area contributed by atoms with E-state index in [2.05, 4.69) is 458 Å². The molecular weight excluding hydrogens is 1750 g/mol. The van der Waals surface area contributed by atoms with Crippen LogP contribution in [-0.2, 0) is 5.41 Å². The van der Waals surface area contributed by atoms with Crippen LogP contribution in [0.1, 0.15) is 25.0 Å². The normalized spacial score (nSPS) is 12.6. The number of fused-ring (bicyclic) bond motifs is 30. The van der Waals surface area contributed by atoms with Gasteiger partial charge < -0.3 is 22.5 Å². The van der Waals surface area contributed by atoms with Crippen LogP contribution in [0.4, 0.5) is 0 Å². The van der Waals surface area contributed by atoms with Gasteiger partial charge in [-0.2, -0.15) is 0 Å². The standard InChI is InChI=1S/C48H29NOS.C45H29NOS.C36H21NS2/c1-3-11-30(12-4-1)32-21-24-43-40(27-32)41-28-33(31-13-5-2-6-14-31)22-25-44(41)49(43)34-23-26-46-42(29-34)39-19-10-18-38(48(39)51-46)37-17-9-16-36-35-15-7-8-20-45(35)50-47(36)37;1-45(2)37-18-6-3-11-27(37)34-24-35-28-12-4-7-19-39(28)46(40(35)25-38(34)45)26-21-22-42-36(23-26)33-17-10-16-32(44(33)48-42)31-15-9-14-30-29-13-5-8-20-41(29)47-43(30)31;1-4-16-31-23(9-1)24-10-2-5-17-32(24)37(31)22-19-20-34-30(21-22)29-15-8-14-28(36(29)39-34)27-13-7-12-26-25-11-3-6-18-33(25)38-35(26)27/h1-29H;3-25H,1-2H3;1-21H. The van der Waals surface area contributed by atoms with Gasteiger partial charge in [-0.25, -0.2) is 0 Å². The number of benzene rings is 21. The molecule has 0 saturated heterocycles. The van der Waals surface area contributed by atoms with Gasteiger partial charge in [0.05, 0.1) is 33.1 Å². The van der Waals surface area contributed by atoms with Crippen LogP contribution in [0.5, 0.6) is 0 Å². The average Bonchev–Trinajstić information content (AvgIpc) is 1.54. The summed E-state index contributed by atoms with van der Waals surface area (Å²) in [6.07, 6.45) is 0. The fraction of sp³-hybridized carbons (Fsp3) is 0.0233. The summed E-state index contributed by atoms with van der Waals surface area (Å²) in [6, 6.07) is 162. The second-order valence-electron chi connectivity index (χ2n) is 37.1. The number of nitrogens with zero attached hydrogens (tertiary/aromatic N) is 3. The van der Waals surface area contributed by atoms with Crippen molar-refractivity contribution in [2.75, 3.05) is 0 Å². The van der Waals surface area contributed by atoms with Gasteiger partial charge in [-0.1, -0.05) is 329 Å². The smallest absolute Gasteiger partial charge is 0.143 e. The summed E-state index contributed by atoms with van der Waals surface area (Å²) < 4.78 is 30.8. The molecule has 9 heterocycles. The Kier molecular flexibility index (Phi) is 17.6. The molecule has 9 heteroatoms. The number of para-hydroxylation sites is 7. The predicted octanol–water partition coefficient (Wildman–Crippen LogP) is 38.3. The third-order valence-electron chi connectivity index (χ3n) is 29.2. The molecule has 0 bridgehead atoms. The third kappa shape index (κ3) is 12.0. The number of rotatable bonds is 8. The largest absolute Gasteiger partial charge is 0.455 e. The van der Waals surface area contributed by atoms with E-state index in [4.69, 9.17) is 8.83 Å². The highest BCUT2D eigenvalue weighted by Crippen LogP contribution is 2.55. The molecule has 31 rings (SSSR count). The first-order valence-electron chi connectivity index (χ1n) is 47.1. The average molecular weight is 1830 g/mol. The van der Waals surface area contributed by atoms with Crippen LogP contribution in [0, 0.1) is 0 Å². The predicted molar refractivity (Wildman–Crippen MR) is 593 cm³/mol. The molecule has 0 fully saturated rings. The molecule has 1 aliphatic carbocycles. The van der Waals surface area contributed by atoms with Gasteiger partial charge in [0, 0.05) is 190 Å². The summed E-state index contributed by atoms with van der Waals surface area (Å²) in [5, 5.41) is 22.7. The van der Waals surface area contributed by atoms with Crippen molar-refractivity contribution in [1.82, 2.24) is 13.7 Å². The number of aromatic nitrogens is 3. The minimum atomic E-state index is -0.0615. The first kappa shape index (κ1) is 78.9. The van der Waals surface area contributed by atoms with Crippen molar-refractivity contribution < 1.29 is 8.83 Å². The van der Waals surface area contributed by atoms with Crippen LogP contribution in [0.3, 0.4) is 0 Å². The Morgan fingerprint density at radius 1 is 0.181 bits per heavy atom. The minimum absolute atomic E-state index is 0.0615. The molecule has 0 radical (unpaired) electrons. The molecule has 21 aromatic carbocycles. The Hall–Kier alpha value is -16.5. The lowest BCUT2D eigenvalue weighted by molar-refractivity contribution is 0.661. The monoisotopic (exact) mass is 1830 g/mol. The number of furan rings is 2. The Morgan fingerprint density at radius 3 is 0.957 bits per heavy atom. The third-order valence-corrected chi connectivity index (χ3v) is 34.1. The molecular formula is C129H79N3O2S4. The molecule has 5 nitrogen and oxygen atoms in total. The van der Waals surface area contributed by atoms with Crippen molar-refractivity contribution in [2.45, 2.75) is 19.3 Å². The zero-order chi connectivity index (χ0) is 90.7. The molecule has 0 N–H and O–H groups in total. The van der Waals surface area contributed by atoms with E-state index < -0.39 is 0 Å². The molecule has 0 saturated carbocycles. The van der Waals surface area contributed by atoms with Crippen molar-refractivity contribution in [3.63, 3.8) is 0 Å². The summed E-state index contributed by atoms with van der Waals surface area (Å²) in [5.74, 6) is 0. The van der Waals surface area contributed by atoms with E-state index in [9.17, 15) is 0 Å². The molecule has 0 spiro atoms. The zero-order valence-electron chi connectivity index (χ0n) is 74.9. The van der Waals surface area contributed by atoms with Gasteiger partial charge in [-0.3, -0.25) is 0 Å². The van der Waals surface area contributed by atoms with Gasteiger partial charge in [0.1, 0.15) is 22.3 Å². The molecule has 1 aliphatic rings. The lowest BCUT2D eigenvalue weighted by Gasteiger charge is -2.21. The van der Waals surface area contributed by atoms with E-state index in [1.807, 2.05) is 57.5 Å². The van der Waals surface area contributed by atoms with E-state index in [1.165, 1.54) is 224 Å². The van der Waals surface area contributed by atoms with E-state index in [-0.39, 0.29) is 5.41 Å². The van der Waals surface area contributed by atoms with E-state index in [0.717, 1.165) is 60.7 Å². The van der Waals surface area contributed by atoms with Crippen LogP contribution in [-0.4, -0.2) is 13.7 Å². The SMILES string of the molecule is CC1(C)c2ccccc2-c2cc3c4ccccc4n(-c4ccc5sc6c(-c7cccc8c7oc7ccccc78)cccc6c5c4)c3cc21.c1ccc(-c2ccc3c(c2)c2cc(-c4ccccc4)ccc2n3-c2ccc3sc4c(-c5cccc6c5oc5ccccc56)cccc4c3c2)cc1.c1ccc2c(c1)sc1c(-c3cccc4c3sc3ccc(-n5c6ccccc6c6ccccc65)cc34)cccc12. The summed E-state index contributed by atoms with van der Waals surface area (Å²) in [7, 11) is 0. The molecule has 30 aromatic rings. The van der Waals surface area contributed by atoms with Crippen LogP contribution in [0.25, 0.3) is 274 Å². The highest BCUT2D eigenvalue weighted by molar-refractivity contribution is 7.28. The van der Waals surface area contributed by atoms with Crippen LogP contribution >= 0.6 is 45.3 Å². The molecule has 0 unspecified atom stereocenters. The second-order valence-corrected chi connectivity index (χ2v) is 41.3. The first-order chi connectivity index (χ1) is 68.2. The van der Waals surface area contributed by atoms with Crippen molar-refractivity contribution in [2.24, 2.45) is 0 Å². The zero-order valence-corrected chi connectivity index (χ0v) is 78.2. The lowest BCUT2D eigenvalue weighted by Crippen LogP contribution is -2.14. The Morgan fingerprint density at radius 2 is 0.500 bits per heavy atom. The van der Waals surface area contributed by atoms with Crippen molar-refractivity contribution in [3.05, 3.63) is 454 Å². The fourth-order valence-electron chi connectivity index (χ4n) is 22.9. The van der Waals surface area contributed by atoms with Crippen molar-refractivity contribution in [3.8, 4) is 83.8 Å². The minimum Gasteiger partial charge on any atom is -0.455 e. The van der Waals surface area contributed by atoms with Gasteiger partial charge in [0.15, 0.2) is 0 Å². The Balaban J connectivity index is 0.000000101. The van der Waals surface area contributed by atoms with Crippen LogP contribution in [0.2, 0.25) is 0 Å². The molecule has 646 valence electrons. The Labute approximate surface area is 808 Å². The van der Waals surface area contributed by atoms with Gasteiger partial charge in [-0.05, 0) is 172 Å². The van der Waals surface area contributed by atoms with E-state index >= 15 is 0 Å². The van der Waals surface area contributed by atoms with Gasteiger partial charge in [-0.15, -0.1) is 45.3 Å². The fourth-order valence-corrected chi connectivity index (χ4v) is 27.7. The summed E-state index contributed by atoms with van der Waals surface area (Å²) in [5.41, 5.74) is 32.4. The highest BCUT2D eigenvalue weighted by atomic mass is 32.1.